The largest absolute Gasteiger partial charge is 0.333 e. The summed E-state index contributed by atoms with van der Waals surface area (Å²) >= 11 is 0. The van der Waals surface area contributed by atoms with Crippen LogP contribution in [-0.4, -0.2) is 27.0 Å². The van der Waals surface area contributed by atoms with Gasteiger partial charge < -0.3 is 4.57 Å². The summed E-state index contributed by atoms with van der Waals surface area (Å²) in [5.74, 6) is 2.19. The van der Waals surface area contributed by atoms with Crippen molar-refractivity contribution in [2.75, 3.05) is 6.54 Å². The van der Waals surface area contributed by atoms with Crippen LogP contribution < -0.4 is 0 Å². The summed E-state index contributed by atoms with van der Waals surface area (Å²) in [6.07, 6.45) is 10.1. The molecule has 3 atom stereocenters. The fraction of sp³-hybridized carbons (Fsp3) is 0.750. The summed E-state index contributed by atoms with van der Waals surface area (Å²) in [5, 5.41) is 9.47. The molecule has 1 aromatic rings. The van der Waals surface area contributed by atoms with Crippen molar-refractivity contribution < 1.29 is 0 Å². The third-order valence-electron chi connectivity index (χ3n) is 5.03. The molecule has 1 aliphatic heterocycles. The van der Waals surface area contributed by atoms with Gasteiger partial charge in [0.15, 0.2) is 0 Å². The molecule has 0 saturated heterocycles. The fourth-order valence-electron chi connectivity index (χ4n) is 3.93. The molecule has 1 aromatic heterocycles. The van der Waals surface area contributed by atoms with Crippen LogP contribution in [0.2, 0.25) is 0 Å². The van der Waals surface area contributed by atoms with E-state index >= 15 is 0 Å². The zero-order valence-electron chi connectivity index (χ0n) is 12.3. The van der Waals surface area contributed by atoms with E-state index < -0.39 is 0 Å². The van der Waals surface area contributed by atoms with Gasteiger partial charge in [0.05, 0.1) is 18.5 Å². The van der Waals surface area contributed by atoms with Crippen LogP contribution in [-0.2, 0) is 13.1 Å². The Hall–Kier alpha value is -1.34. The van der Waals surface area contributed by atoms with Crippen molar-refractivity contribution >= 4 is 0 Å². The van der Waals surface area contributed by atoms with Crippen LogP contribution in [0.15, 0.2) is 12.4 Å². The highest BCUT2D eigenvalue weighted by Gasteiger charge is 2.35. The van der Waals surface area contributed by atoms with E-state index in [0.717, 1.165) is 37.8 Å². The number of aromatic nitrogens is 2. The van der Waals surface area contributed by atoms with Crippen molar-refractivity contribution in [1.29, 1.82) is 5.26 Å². The zero-order chi connectivity index (χ0) is 13.9. The monoisotopic (exact) mass is 272 g/mol. The van der Waals surface area contributed by atoms with Gasteiger partial charge in [-0.1, -0.05) is 19.8 Å². The Labute approximate surface area is 121 Å². The molecule has 4 heteroatoms. The molecule has 0 N–H and O–H groups in total. The lowest BCUT2D eigenvalue weighted by molar-refractivity contribution is 0.0732. The molecule has 4 nitrogen and oxygen atoms in total. The van der Waals surface area contributed by atoms with Crippen molar-refractivity contribution in [1.82, 2.24) is 14.5 Å². The van der Waals surface area contributed by atoms with E-state index in [4.69, 9.17) is 0 Å². The van der Waals surface area contributed by atoms with Crippen molar-refractivity contribution in [2.45, 2.75) is 58.2 Å². The highest BCUT2D eigenvalue weighted by molar-refractivity contribution is 5.02. The third-order valence-corrected chi connectivity index (χ3v) is 5.03. The Morgan fingerprint density at radius 3 is 3.10 bits per heavy atom. The average Bonchev–Trinajstić information content (AvgIpc) is 2.95. The van der Waals surface area contributed by atoms with E-state index in [-0.39, 0.29) is 5.92 Å². The predicted octanol–water partition coefficient (Wildman–Crippen LogP) is 2.81. The van der Waals surface area contributed by atoms with Crippen molar-refractivity contribution in [3.8, 4) is 6.07 Å². The van der Waals surface area contributed by atoms with Gasteiger partial charge in [0.2, 0.25) is 0 Å². The Bertz CT molecular complexity index is 487. The second-order valence-electron chi connectivity index (χ2n) is 6.28. The predicted molar refractivity (Wildman–Crippen MR) is 77.8 cm³/mol. The molecular weight excluding hydrogens is 248 g/mol. The van der Waals surface area contributed by atoms with Gasteiger partial charge in [-0.05, 0) is 25.2 Å². The molecule has 0 radical (unpaired) electrons. The Morgan fingerprint density at radius 1 is 1.40 bits per heavy atom. The maximum atomic E-state index is 9.47. The normalized spacial score (nSPS) is 30.7. The Kier molecular flexibility index (Phi) is 4.07. The molecule has 2 heterocycles. The summed E-state index contributed by atoms with van der Waals surface area (Å²) in [5.41, 5.74) is 0. The molecule has 3 unspecified atom stereocenters. The van der Waals surface area contributed by atoms with Crippen LogP contribution in [0.4, 0.5) is 0 Å². The van der Waals surface area contributed by atoms with Crippen molar-refractivity contribution in [2.24, 2.45) is 11.8 Å². The molecular formula is C16H24N4. The lowest BCUT2D eigenvalue weighted by atomic mass is 9.76. The fourth-order valence-corrected chi connectivity index (χ4v) is 3.93. The van der Waals surface area contributed by atoms with Crippen LogP contribution in [0.3, 0.4) is 0 Å². The van der Waals surface area contributed by atoms with E-state index in [1.165, 1.54) is 25.7 Å². The van der Waals surface area contributed by atoms with E-state index in [0.29, 0.717) is 6.04 Å². The molecule has 0 bridgehead atoms. The van der Waals surface area contributed by atoms with Crippen LogP contribution in [0.5, 0.6) is 0 Å². The molecule has 1 aliphatic carbocycles. The number of hydrogen-bond donors (Lipinski definition) is 0. The van der Waals surface area contributed by atoms with Crippen molar-refractivity contribution in [3.05, 3.63) is 18.2 Å². The number of nitrogens with zero attached hydrogens (tertiary/aromatic N) is 4. The maximum Gasteiger partial charge on any atom is 0.122 e. The SMILES string of the molecule is CCCC1CCC(C#N)C(N2CCn3ccnc3C2)C1. The summed E-state index contributed by atoms with van der Waals surface area (Å²) in [6, 6.07) is 3.00. The topological polar surface area (TPSA) is 44.9 Å². The van der Waals surface area contributed by atoms with E-state index in [9.17, 15) is 5.26 Å². The number of rotatable bonds is 3. The third kappa shape index (κ3) is 2.60. The second-order valence-corrected chi connectivity index (χ2v) is 6.28. The lowest BCUT2D eigenvalue weighted by Gasteiger charge is -2.41. The van der Waals surface area contributed by atoms with Gasteiger partial charge in [-0.25, -0.2) is 4.98 Å². The van der Waals surface area contributed by atoms with Gasteiger partial charge in [-0.3, -0.25) is 4.90 Å². The van der Waals surface area contributed by atoms with E-state index in [2.05, 4.69) is 33.6 Å². The minimum atomic E-state index is 0.213. The first-order chi connectivity index (χ1) is 9.81. The van der Waals surface area contributed by atoms with Gasteiger partial charge in [0.25, 0.3) is 0 Å². The van der Waals surface area contributed by atoms with Crippen LogP contribution in [0.1, 0.15) is 44.9 Å². The number of hydrogen-bond acceptors (Lipinski definition) is 3. The van der Waals surface area contributed by atoms with Gasteiger partial charge in [-0.2, -0.15) is 5.26 Å². The minimum absolute atomic E-state index is 0.213. The zero-order valence-corrected chi connectivity index (χ0v) is 12.3. The van der Waals surface area contributed by atoms with Gasteiger partial charge in [0, 0.05) is 31.5 Å². The highest BCUT2D eigenvalue weighted by Crippen LogP contribution is 2.35. The van der Waals surface area contributed by atoms with Crippen LogP contribution >= 0.6 is 0 Å². The van der Waals surface area contributed by atoms with Crippen LogP contribution in [0.25, 0.3) is 0 Å². The van der Waals surface area contributed by atoms with E-state index in [1.807, 2.05) is 6.20 Å². The maximum absolute atomic E-state index is 9.47. The molecule has 108 valence electrons. The first kappa shape index (κ1) is 13.6. The Balaban J connectivity index is 1.72. The molecule has 2 aliphatic rings. The van der Waals surface area contributed by atoms with E-state index in [1.54, 1.807) is 0 Å². The summed E-state index contributed by atoms with van der Waals surface area (Å²) < 4.78 is 2.24. The molecule has 0 spiro atoms. The summed E-state index contributed by atoms with van der Waals surface area (Å²) in [6.45, 7) is 5.26. The molecule has 3 rings (SSSR count). The summed E-state index contributed by atoms with van der Waals surface area (Å²) in [7, 11) is 0. The summed E-state index contributed by atoms with van der Waals surface area (Å²) in [4.78, 5) is 6.96. The van der Waals surface area contributed by atoms with Crippen LogP contribution in [0, 0.1) is 23.2 Å². The number of fused-ring (bicyclic) bond motifs is 1. The van der Waals surface area contributed by atoms with Gasteiger partial charge >= 0.3 is 0 Å². The quantitative estimate of drug-likeness (QED) is 0.850. The minimum Gasteiger partial charge on any atom is -0.333 e. The van der Waals surface area contributed by atoms with Crippen molar-refractivity contribution in [3.63, 3.8) is 0 Å². The average molecular weight is 272 g/mol. The highest BCUT2D eigenvalue weighted by atomic mass is 15.3. The number of nitriles is 1. The molecule has 1 saturated carbocycles. The first-order valence-corrected chi connectivity index (χ1v) is 7.95. The smallest absolute Gasteiger partial charge is 0.122 e. The molecule has 1 fully saturated rings. The standard InChI is InChI=1S/C16H24N4/c1-2-3-13-4-5-14(11-17)15(10-13)20-9-8-19-7-6-18-16(19)12-20/h6-7,13-15H,2-5,8-10,12H2,1H3. The number of imidazole rings is 1. The molecule has 20 heavy (non-hydrogen) atoms. The Morgan fingerprint density at radius 2 is 2.30 bits per heavy atom. The first-order valence-electron chi connectivity index (χ1n) is 7.95. The lowest BCUT2D eigenvalue weighted by Crippen LogP contribution is -2.47. The molecule has 0 amide bonds. The second kappa shape index (κ2) is 5.97. The van der Waals surface area contributed by atoms with Gasteiger partial charge in [-0.15, -0.1) is 0 Å². The molecule has 0 aromatic carbocycles. The van der Waals surface area contributed by atoms with Gasteiger partial charge in [0.1, 0.15) is 5.82 Å².